The van der Waals surface area contributed by atoms with Gasteiger partial charge in [0.2, 0.25) is 0 Å². The third-order valence-electron chi connectivity index (χ3n) is 8.96. The van der Waals surface area contributed by atoms with Gasteiger partial charge in [-0.1, -0.05) is 84.9 Å². The first-order valence-electron chi connectivity index (χ1n) is 15.4. The maximum absolute atomic E-state index is 14.1. The van der Waals surface area contributed by atoms with Crippen LogP contribution >= 0.6 is 22.7 Å². The Bertz CT molecular complexity index is 2700. The van der Waals surface area contributed by atoms with E-state index in [0.29, 0.717) is 17.5 Å². The molecule has 0 saturated carbocycles. The van der Waals surface area contributed by atoms with E-state index in [0.717, 1.165) is 38.2 Å². The van der Waals surface area contributed by atoms with Crippen LogP contribution in [0.1, 0.15) is 0 Å². The fourth-order valence-corrected chi connectivity index (χ4v) is 9.35. The molecule has 0 fully saturated rings. The zero-order chi connectivity index (χ0) is 31.1. The average molecular weight is 640 g/mol. The van der Waals surface area contributed by atoms with E-state index in [2.05, 4.69) is 109 Å². The molecule has 0 spiro atoms. The molecule has 6 heteroatoms. The average Bonchev–Trinajstić information content (AvgIpc) is 3.71. The van der Waals surface area contributed by atoms with Crippen molar-refractivity contribution in [3.63, 3.8) is 0 Å². The lowest BCUT2D eigenvalue weighted by molar-refractivity contribution is 0.628. The number of hydrogen-bond donors (Lipinski definition) is 0. The molecule has 0 saturated heterocycles. The van der Waals surface area contributed by atoms with Crippen LogP contribution in [0.4, 0.5) is 4.39 Å². The van der Waals surface area contributed by atoms with Gasteiger partial charge in [-0.05, 0) is 70.1 Å². The normalized spacial score (nSPS) is 11.9. The number of rotatable bonds is 3. The zero-order valence-corrected chi connectivity index (χ0v) is 26.4. The van der Waals surface area contributed by atoms with Crippen LogP contribution in [0.25, 0.3) is 96.1 Å². The molecule has 0 aliphatic carbocycles. The van der Waals surface area contributed by atoms with E-state index in [4.69, 9.17) is 15.0 Å². The molecule has 10 aromatic rings. The van der Waals surface area contributed by atoms with E-state index in [9.17, 15) is 4.39 Å². The minimum absolute atomic E-state index is 0.301. The Balaban J connectivity index is 1.35. The van der Waals surface area contributed by atoms with Gasteiger partial charge in [-0.3, -0.25) is 0 Å². The van der Waals surface area contributed by atoms with Gasteiger partial charge in [0, 0.05) is 57.0 Å². The van der Waals surface area contributed by atoms with Crippen LogP contribution in [0.3, 0.4) is 0 Å². The van der Waals surface area contributed by atoms with Crippen LogP contribution in [0, 0.1) is 5.82 Å². The van der Waals surface area contributed by atoms with Crippen LogP contribution in [-0.2, 0) is 0 Å². The third kappa shape index (κ3) is 4.12. The number of benzene rings is 7. The van der Waals surface area contributed by atoms with Crippen molar-refractivity contribution in [2.24, 2.45) is 0 Å². The standard InChI is InChI=1S/C41H22FN3S2/c42-26-19-17-23(18-20-26)39-43-40(31-21-24-9-1-3-11-27(24)37-35(31)29-13-5-7-15-33(29)46-37)45-41(44-39)32-22-25-10-2-4-12-28(25)38-36(32)30-14-6-8-16-34(30)47-38/h1-22H. The smallest absolute Gasteiger partial charge is 0.164 e. The molecule has 0 unspecified atom stereocenters. The van der Waals surface area contributed by atoms with Crippen molar-refractivity contribution in [3.8, 4) is 34.2 Å². The van der Waals surface area contributed by atoms with E-state index in [1.165, 1.54) is 52.5 Å². The Morgan fingerprint density at radius 2 is 0.851 bits per heavy atom. The summed E-state index contributed by atoms with van der Waals surface area (Å²) in [6, 6.07) is 44.9. The molecule has 220 valence electrons. The SMILES string of the molecule is Fc1ccc(-c2nc(-c3cc4ccccc4c4sc5ccccc5c34)nc(-c3cc4ccccc4c4sc5ccccc5c34)n2)cc1. The number of nitrogens with zero attached hydrogens (tertiary/aromatic N) is 3. The molecule has 0 amide bonds. The van der Waals surface area contributed by atoms with Gasteiger partial charge in [-0.25, -0.2) is 19.3 Å². The topological polar surface area (TPSA) is 38.7 Å². The molecule has 3 heterocycles. The summed E-state index contributed by atoms with van der Waals surface area (Å²) < 4.78 is 19.0. The lowest BCUT2D eigenvalue weighted by Crippen LogP contribution is -2.01. The minimum Gasteiger partial charge on any atom is -0.208 e. The van der Waals surface area contributed by atoms with Crippen molar-refractivity contribution >= 4 is 84.6 Å². The van der Waals surface area contributed by atoms with Gasteiger partial charge in [0.25, 0.3) is 0 Å². The molecule has 0 aliphatic rings. The molecule has 0 N–H and O–H groups in total. The maximum atomic E-state index is 14.1. The largest absolute Gasteiger partial charge is 0.208 e. The molecule has 3 nitrogen and oxygen atoms in total. The summed E-state index contributed by atoms with van der Waals surface area (Å²) in [7, 11) is 0. The highest BCUT2D eigenvalue weighted by molar-refractivity contribution is 7.27. The molecule has 7 aromatic carbocycles. The first-order chi connectivity index (χ1) is 23.2. The van der Waals surface area contributed by atoms with E-state index >= 15 is 0 Å². The van der Waals surface area contributed by atoms with Crippen LogP contribution in [0.2, 0.25) is 0 Å². The number of fused-ring (bicyclic) bond motifs is 10. The molecular weight excluding hydrogens is 618 g/mol. The second-order valence-electron chi connectivity index (χ2n) is 11.7. The second kappa shape index (κ2) is 10.2. The summed E-state index contributed by atoms with van der Waals surface area (Å²) >= 11 is 3.59. The number of aromatic nitrogens is 3. The van der Waals surface area contributed by atoms with Crippen LogP contribution in [-0.4, -0.2) is 15.0 Å². The van der Waals surface area contributed by atoms with E-state index in [-0.39, 0.29) is 5.82 Å². The molecule has 3 aromatic heterocycles. The number of halogens is 1. The number of thiophene rings is 2. The second-order valence-corrected chi connectivity index (χ2v) is 13.8. The summed E-state index contributed by atoms with van der Waals surface area (Å²) in [4.78, 5) is 15.6. The first-order valence-corrected chi connectivity index (χ1v) is 17.0. The maximum Gasteiger partial charge on any atom is 0.164 e. The van der Waals surface area contributed by atoms with Crippen LogP contribution < -0.4 is 0 Å². The molecule has 0 bridgehead atoms. The minimum atomic E-state index is -0.301. The summed E-state index contributed by atoms with van der Waals surface area (Å²) in [5.41, 5.74) is 2.64. The van der Waals surface area contributed by atoms with Gasteiger partial charge < -0.3 is 0 Å². The Morgan fingerprint density at radius 3 is 1.36 bits per heavy atom. The van der Waals surface area contributed by atoms with Gasteiger partial charge in [-0.2, -0.15) is 0 Å². The highest BCUT2D eigenvalue weighted by Gasteiger charge is 2.22. The van der Waals surface area contributed by atoms with E-state index in [1.807, 2.05) is 0 Å². The highest BCUT2D eigenvalue weighted by atomic mass is 32.1. The molecule has 0 atom stereocenters. The lowest BCUT2D eigenvalue weighted by Gasteiger charge is -2.12. The highest BCUT2D eigenvalue weighted by Crippen LogP contribution is 2.46. The zero-order valence-electron chi connectivity index (χ0n) is 24.7. The van der Waals surface area contributed by atoms with Gasteiger partial charge in [0.05, 0.1) is 0 Å². The van der Waals surface area contributed by atoms with Crippen molar-refractivity contribution < 1.29 is 4.39 Å². The molecule has 0 radical (unpaired) electrons. The van der Waals surface area contributed by atoms with Crippen molar-refractivity contribution in [2.45, 2.75) is 0 Å². The van der Waals surface area contributed by atoms with Gasteiger partial charge >= 0.3 is 0 Å². The quantitative estimate of drug-likeness (QED) is 0.193. The van der Waals surface area contributed by atoms with Gasteiger partial charge in [-0.15, -0.1) is 22.7 Å². The molecule has 0 aliphatic heterocycles. The van der Waals surface area contributed by atoms with Crippen LogP contribution in [0.5, 0.6) is 0 Å². The summed E-state index contributed by atoms with van der Waals surface area (Å²) in [5.74, 6) is 1.39. The Hall–Kier alpha value is -5.56. The first kappa shape index (κ1) is 26.6. The summed E-state index contributed by atoms with van der Waals surface area (Å²) in [6.45, 7) is 0. The monoisotopic (exact) mass is 639 g/mol. The number of hydrogen-bond acceptors (Lipinski definition) is 5. The molecular formula is C41H22FN3S2. The van der Waals surface area contributed by atoms with E-state index in [1.54, 1.807) is 34.8 Å². The van der Waals surface area contributed by atoms with Gasteiger partial charge in [0.15, 0.2) is 17.5 Å². The third-order valence-corrected chi connectivity index (χ3v) is 11.4. The van der Waals surface area contributed by atoms with Crippen molar-refractivity contribution in [3.05, 3.63) is 139 Å². The Labute approximate surface area is 276 Å². The predicted octanol–water partition coefficient (Wildman–Crippen LogP) is 12.1. The Kier molecular flexibility index (Phi) is 5.79. The summed E-state index contributed by atoms with van der Waals surface area (Å²) in [5, 5.41) is 9.30. The van der Waals surface area contributed by atoms with Gasteiger partial charge in [0.1, 0.15) is 5.82 Å². The predicted molar refractivity (Wildman–Crippen MR) is 197 cm³/mol. The van der Waals surface area contributed by atoms with Crippen molar-refractivity contribution in [2.75, 3.05) is 0 Å². The van der Waals surface area contributed by atoms with Crippen molar-refractivity contribution in [1.82, 2.24) is 15.0 Å². The fourth-order valence-electron chi connectivity index (χ4n) is 6.82. The fraction of sp³-hybridized carbons (Fsp3) is 0. The Morgan fingerprint density at radius 1 is 0.426 bits per heavy atom. The lowest BCUT2D eigenvalue weighted by atomic mass is 9.98. The molecule has 10 rings (SSSR count). The van der Waals surface area contributed by atoms with E-state index < -0.39 is 0 Å². The molecule has 47 heavy (non-hydrogen) atoms. The summed E-state index contributed by atoms with van der Waals surface area (Å²) in [6.07, 6.45) is 0. The van der Waals surface area contributed by atoms with Crippen molar-refractivity contribution in [1.29, 1.82) is 0 Å². The van der Waals surface area contributed by atoms with Crippen LogP contribution in [0.15, 0.2) is 133 Å².